The maximum atomic E-state index is 13.0. The number of carbonyl (C=O) groups excluding carboxylic acids is 2. The number of hydrogen-bond acceptors (Lipinski definition) is 4. The van der Waals surface area contributed by atoms with Gasteiger partial charge in [-0.05, 0) is 35.7 Å². The summed E-state index contributed by atoms with van der Waals surface area (Å²) in [5.41, 5.74) is 1.51. The highest BCUT2D eigenvalue weighted by Gasteiger charge is 2.44. The highest BCUT2D eigenvalue weighted by molar-refractivity contribution is 7.12. The van der Waals surface area contributed by atoms with Gasteiger partial charge < -0.3 is 14.7 Å². The summed E-state index contributed by atoms with van der Waals surface area (Å²) >= 11 is 3.36. The van der Waals surface area contributed by atoms with Crippen LogP contribution in [0, 0.1) is 5.92 Å². The number of nitrogens with one attached hydrogen (secondary N) is 1. The molecule has 3 aliphatic rings. The molecule has 2 atom stereocenters. The molecule has 0 aromatic carbocycles. The molecule has 148 valence electrons. The van der Waals surface area contributed by atoms with Gasteiger partial charge in [0, 0.05) is 49.0 Å². The van der Waals surface area contributed by atoms with Crippen LogP contribution >= 0.6 is 22.7 Å². The third-order valence-corrected chi connectivity index (χ3v) is 8.21. The van der Waals surface area contributed by atoms with Gasteiger partial charge >= 0.3 is 0 Å². The van der Waals surface area contributed by atoms with E-state index in [-0.39, 0.29) is 11.8 Å². The number of quaternary nitrogens is 1. The normalized spacial score (nSPS) is 24.9. The molecule has 0 radical (unpaired) electrons. The predicted octanol–water partition coefficient (Wildman–Crippen LogP) is 1.69. The molecule has 5 rings (SSSR count). The first-order valence-corrected chi connectivity index (χ1v) is 12.0. The Kier molecular flexibility index (Phi) is 4.99. The maximum Gasteiger partial charge on any atom is 0.277 e. The van der Waals surface area contributed by atoms with Crippen LogP contribution in [0.4, 0.5) is 0 Å². The van der Waals surface area contributed by atoms with Gasteiger partial charge in [-0.25, -0.2) is 0 Å². The van der Waals surface area contributed by atoms with Crippen LogP contribution in [-0.2, 0) is 11.2 Å². The van der Waals surface area contributed by atoms with Crippen LogP contribution < -0.4 is 4.90 Å². The van der Waals surface area contributed by atoms with Crippen LogP contribution in [-0.4, -0.2) is 60.9 Å². The van der Waals surface area contributed by atoms with E-state index in [1.54, 1.807) is 0 Å². The van der Waals surface area contributed by atoms with Crippen molar-refractivity contribution in [1.82, 2.24) is 9.80 Å². The van der Waals surface area contributed by atoms with E-state index in [2.05, 4.69) is 11.4 Å². The minimum absolute atomic E-state index is 0.0996. The summed E-state index contributed by atoms with van der Waals surface area (Å²) in [5, 5.41) is 4.15. The minimum atomic E-state index is 0.0996. The second kappa shape index (κ2) is 7.61. The quantitative estimate of drug-likeness (QED) is 0.824. The van der Waals surface area contributed by atoms with Crippen LogP contribution in [0.3, 0.4) is 0 Å². The van der Waals surface area contributed by atoms with Gasteiger partial charge in [0.15, 0.2) is 6.54 Å². The molecule has 5 nitrogen and oxygen atoms in total. The molecule has 1 N–H and O–H groups in total. The van der Waals surface area contributed by atoms with Crippen molar-refractivity contribution in [3.05, 3.63) is 44.3 Å². The Morgan fingerprint density at radius 1 is 1.04 bits per heavy atom. The minimum Gasteiger partial charge on any atom is -0.334 e. The molecule has 1 saturated carbocycles. The van der Waals surface area contributed by atoms with Gasteiger partial charge in [-0.3, -0.25) is 9.59 Å². The highest BCUT2D eigenvalue weighted by Crippen LogP contribution is 2.42. The number of nitrogens with zero attached hydrogens (tertiary/aromatic N) is 2. The SMILES string of the molecule is O=C(C[NH+]1CCc2sccc2[C@H]1C1CC1)N1CCN(C(=O)c2cccs2)CC1. The lowest BCUT2D eigenvalue weighted by molar-refractivity contribution is -0.929. The Hall–Kier alpha value is -1.70. The fourth-order valence-corrected chi connectivity index (χ4v) is 6.34. The molecule has 1 saturated heterocycles. The molecule has 7 heteroatoms. The summed E-state index contributed by atoms with van der Waals surface area (Å²) in [6.45, 7) is 4.24. The first kappa shape index (κ1) is 18.3. The van der Waals surface area contributed by atoms with Gasteiger partial charge in [-0.15, -0.1) is 22.7 Å². The van der Waals surface area contributed by atoms with E-state index in [1.165, 1.54) is 39.5 Å². The van der Waals surface area contributed by atoms with Gasteiger partial charge in [-0.2, -0.15) is 0 Å². The van der Waals surface area contributed by atoms with Gasteiger partial charge in [-0.1, -0.05) is 6.07 Å². The smallest absolute Gasteiger partial charge is 0.277 e. The first-order valence-electron chi connectivity index (χ1n) is 10.2. The summed E-state index contributed by atoms with van der Waals surface area (Å²) in [5.74, 6) is 1.11. The number of hydrogen-bond donors (Lipinski definition) is 1. The van der Waals surface area contributed by atoms with Crippen molar-refractivity contribution in [3.8, 4) is 0 Å². The van der Waals surface area contributed by atoms with Crippen molar-refractivity contribution in [3.63, 3.8) is 0 Å². The number of amides is 2. The van der Waals surface area contributed by atoms with Crippen LogP contribution in [0.25, 0.3) is 0 Å². The van der Waals surface area contributed by atoms with E-state index in [4.69, 9.17) is 0 Å². The Balaban J connectivity index is 1.19. The first-order chi connectivity index (χ1) is 13.7. The summed E-state index contributed by atoms with van der Waals surface area (Å²) in [6.07, 6.45) is 3.71. The molecule has 1 unspecified atom stereocenters. The molecule has 4 heterocycles. The number of fused-ring (bicyclic) bond motifs is 1. The lowest BCUT2D eigenvalue weighted by Gasteiger charge is -2.37. The zero-order valence-electron chi connectivity index (χ0n) is 15.9. The van der Waals surface area contributed by atoms with E-state index >= 15 is 0 Å². The monoisotopic (exact) mass is 416 g/mol. The van der Waals surface area contributed by atoms with Crippen molar-refractivity contribution in [2.75, 3.05) is 39.3 Å². The zero-order chi connectivity index (χ0) is 19.1. The average Bonchev–Trinajstić information content (AvgIpc) is 3.19. The molecule has 2 fully saturated rings. The standard InChI is InChI=1S/C21H25N3O2S2/c25-19(22-8-10-23(11-9-22)21(26)18-2-1-12-27-18)14-24-7-5-17-16(6-13-28-17)20(24)15-3-4-15/h1-2,6,12-13,15,20H,3-5,7-11,14H2/p+1/t20-/m1/s1. The van der Waals surface area contributed by atoms with Gasteiger partial charge in [0.1, 0.15) is 6.04 Å². The highest BCUT2D eigenvalue weighted by atomic mass is 32.1. The summed E-state index contributed by atoms with van der Waals surface area (Å²) < 4.78 is 0. The van der Waals surface area contributed by atoms with Gasteiger partial charge in [0.2, 0.25) is 0 Å². The zero-order valence-corrected chi connectivity index (χ0v) is 17.6. The number of thiophene rings is 2. The van der Waals surface area contributed by atoms with Crippen LogP contribution in [0.5, 0.6) is 0 Å². The molecule has 0 spiro atoms. The maximum absolute atomic E-state index is 13.0. The van der Waals surface area contributed by atoms with Crippen molar-refractivity contribution in [1.29, 1.82) is 0 Å². The molecular weight excluding hydrogens is 390 g/mol. The second-order valence-corrected chi connectivity index (χ2v) is 10.0. The fraction of sp³-hybridized carbons (Fsp3) is 0.524. The average molecular weight is 417 g/mol. The number of carbonyl (C=O) groups is 2. The van der Waals surface area contributed by atoms with E-state index in [1.807, 2.05) is 38.6 Å². The molecule has 0 bridgehead atoms. The van der Waals surface area contributed by atoms with E-state index in [0.717, 1.165) is 23.8 Å². The lowest BCUT2D eigenvalue weighted by atomic mass is 9.96. The molecule has 2 amide bonds. The van der Waals surface area contributed by atoms with Gasteiger partial charge in [0.05, 0.1) is 11.4 Å². The topological polar surface area (TPSA) is 45.1 Å². The predicted molar refractivity (Wildman–Crippen MR) is 111 cm³/mol. The second-order valence-electron chi connectivity index (χ2n) is 8.10. The van der Waals surface area contributed by atoms with E-state index in [9.17, 15) is 9.59 Å². The number of rotatable bonds is 4. The molecular formula is C21H26N3O2S2+. The van der Waals surface area contributed by atoms with Crippen molar-refractivity contribution < 1.29 is 14.5 Å². The van der Waals surface area contributed by atoms with Crippen LogP contribution in [0.2, 0.25) is 0 Å². The number of piperazine rings is 1. The van der Waals surface area contributed by atoms with E-state index < -0.39 is 0 Å². The summed E-state index contributed by atoms with van der Waals surface area (Å²) in [6, 6.07) is 6.59. The Morgan fingerprint density at radius 3 is 2.54 bits per heavy atom. The van der Waals surface area contributed by atoms with Crippen LogP contribution in [0.1, 0.15) is 39.0 Å². The molecule has 1 aliphatic carbocycles. The lowest BCUT2D eigenvalue weighted by Crippen LogP contribution is -3.14. The Labute approximate surface area is 173 Å². The van der Waals surface area contributed by atoms with Crippen LogP contribution in [0.15, 0.2) is 29.0 Å². The third-order valence-electron chi connectivity index (χ3n) is 6.35. The Bertz CT molecular complexity index is 851. The third kappa shape index (κ3) is 3.51. The Morgan fingerprint density at radius 2 is 1.82 bits per heavy atom. The largest absolute Gasteiger partial charge is 0.334 e. The van der Waals surface area contributed by atoms with Crippen molar-refractivity contribution in [2.45, 2.75) is 25.3 Å². The van der Waals surface area contributed by atoms with Crippen molar-refractivity contribution >= 4 is 34.5 Å². The van der Waals surface area contributed by atoms with E-state index in [0.29, 0.717) is 38.8 Å². The fourth-order valence-electron chi connectivity index (χ4n) is 4.72. The van der Waals surface area contributed by atoms with Crippen molar-refractivity contribution in [2.24, 2.45) is 5.92 Å². The molecule has 2 aromatic rings. The summed E-state index contributed by atoms with van der Waals surface area (Å²) in [4.78, 5) is 33.1. The molecule has 28 heavy (non-hydrogen) atoms. The molecule has 2 aromatic heterocycles. The van der Waals surface area contributed by atoms with Gasteiger partial charge in [0.25, 0.3) is 11.8 Å². The summed E-state index contributed by atoms with van der Waals surface area (Å²) in [7, 11) is 0. The molecule has 2 aliphatic heterocycles.